The molecular formula is C20H19ClO3. The normalized spacial score (nSPS) is 12.3. The van der Waals surface area contributed by atoms with Crippen LogP contribution in [-0.4, -0.2) is 0 Å². The first-order chi connectivity index (χ1) is 11.6. The molecule has 4 heteroatoms. The zero-order chi connectivity index (χ0) is 17.1. The monoisotopic (exact) mass is 342 g/mol. The van der Waals surface area contributed by atoms with Crippen molar-refractivity contribution >= 4 is 22.6 Å². The molecule has 3 nitrogen and oxygen atoms in total. The van der Waals surface area contributed by atoms with Crippen molar-refractivity contribution in [1.82, 2.24) is 0 Å². The molecule has 1 aromatic heterocycles. The average molecular weight is 343 g/mol. The smallest absolute Gasteiger partial charge is 0.336 e. The molecule has 3 rings (SSSR count). The highest BCUT2D eigenvalue weighted by Gasteiger charge is 2.14. The lowest BCUT2D eigenvalue weighted by atomic mass is 10.1. The molecule has 1 atom stereocenters. The van der Waals surface area contributed by atoms with E-state index in [-0.39, 0.29) is 11.7 Å². The summed E-state index contributed by atoms with van der Waals surface area (Å²) in [5.41, 5.74) is 2.16. The molecule has 0 saturated carbocycles. The third-order valence-electron chi connectivity index (χ3n) is 3.97. The number of halogens is 1. The summed E-state index contributed by atoms with van der Waals surface area (Å²) in [5.74, 6) is 0.511. The molecular weight excluding hydrogens is 324 g/mol. The fourth-order valence-corrected chi connectivity index (χ4v) is 2.99. The molecule has 0 amide bonds. The predicted molar refractivity (Wildman–Crippen MR) is 97.0 cm³/mol. The summed E-state index contributed by atoms with van der Waals surface area (Å²) in [6.07, 6.45) is 1.59. The molecule has 1 heterocycles. The standard InChI is InChI=1S/C20H19ClO3/c1-3-7-15-10-20(22)24-18-12-19(17(21)11-16(15)18)23-13(2)14-8-5-4-6-9-14/h4-6,8-13H,3,7H2,1-2H3/t13-/m0/s1. The molecule has 0 saturated heterocycles. The van der Waals surface area contributed by atoms with Crippen LogP contribution in [0.25, 0.3) is 11.0 Å². The van der Waals surface area contributed by atoms with Gasteiger partial charge in [0.2, 0.25) is 0 Å². The Bertz CT molecular complexity index is 900. The second-order valence-corrected chi connectivity index (χ2v) is 6.20. The molecule has 3 aromatic rings. The Balaban J connectivity index is 2.00. The van der Waals surface area contributed by atoms with E-state index in [4.69, 9.17) is 20.8 Å². The van der Waals surface area contributed by atoms with Crippen LogP contribution in [0, 0.1) is 0 Å². The van der Waals surface area contributed by atoms with Gasteiger partial charge in [-0.3, -0.25) is 0 Å². The summed E-state index contributed by atoms with van der Waals surface area (Å²) in [4.78, 5) is 11.8. The first kappa shape index (κ1) is 16.6. The molecule has 24 heavy (non-hydrogen) atoms. The fraction of sp³-hybridized carbons (Fsp3) is 0.250. The highest BCUT2D eigenvalue weighted by atomic mass is 35.5. The molecule has 2 aromatic carbocycles. The van der Waals surface area contributed by atoms with Gasteiger partial charge in [-0.2, -0.15) is 0 Å². The van der Waals surface area contributed by atoms with Crippen molar-refractivity contribution in [2.24, 2.45) is 0 Å². The lowest BCUT2D eigenvalue weighted by molar-refractivity contribution is 0.227. The zero-order valence-electron chi connectivity index (χ0n) is 13.7. The summed E-state index contributed by atoms with van der Waals surface area (Å²) in [6, 6.07) is 15.0. The minimum absolute atomic E-state index is 0.160. The van der Waals surface area contributed by atoms with Crippen molar-refractivity contribution in [3.63, 3.8) is 0 Å². The maximum atomic E-state index is 11.8. The Morgan fingerprint density at radius 1 is 1.17 bits per heavy atom. The van der Waals surface area contributed by atoms with Crippen LogP contribution in [0.5, 0.6) is 5.75 Å². The highest BCUT2D eigenvalue weighted by Crippen LogP contribution is 2.34. The number of hydrogen-bond donors (Lipinski definition) is 0. The van der Waals surface area contributed by atoms with E-state index in [9.17, 15) is 4.79 Å². The van der Waals surface area contributed by atoms with Crippen molar-refractivity contribution in [3.8, 4) is 5.75 Å². The highest BCUT2D eigenvalue weighted by molar-refractivity contribution is 6.32. The van der Waals surface area contributed by atoms with Crippen molar-refractivity contribution in [2.45, 2.75) is 32.8 Å². The molecule has 0 bridgehead atoms. The van der Waals surface area contributed by atoms with Crippen LogP contribution in [0.2, 0.25) is 5.02 Å². The molecule has 0 radical (unpaired) electrons. The van der Waals surface area contributed by atoms with E-state index in [1.165, 1.54) is 6.07 Å². The van der Waals surface area contributed by atoms with Gasteiger partial charge >= 0.3 is 5.63 Å². The maximum Gasteiger partial charge on any atom is 0.336 e. The van der Waals surface area contributed by atoms with Crippen LogP contribution < -0.4 is 10.4 Å². The third kappa shape index (κ3) is 3.46. The number of aryl methyl sites for hydroxylation is 1. The Hall–Kier alpha value is -2.26. The van der Waals surface area contributed by atoms with E-state index in [2.05, 4.69) is 6.92 Å². The number of rotatable bonds is 5. The summed E-state index contributed by atoms with van der Waals surface area (Å²) in [5, 5.41) is 1.37. The molecule has 0 N–H and O–H groups in total. The largest absolute Gasteiger partial charge is 0.484 e. The van der Waals surface area contributed by atoms with Crippen LogP contribution in [0.3, 0.4) is 0 Å². The molecule has 0 fully saturated rings. The summed E-state index contributed by atoms with van der Waals surface area (Å²) < 4.78 is 11.3. The van der Waals surface area contributed by atoms with Gasteiger partial charge < -0.3 is 9.15 Å². The van der Waals surface area contributed by atoms with Gasteiger partial charge in [0.1, 0.15) is 17.4 Å². The van der Waals surface area contributed by atoms with Crippen LogP contribution in [0.1, 0.15) is 37.5 Å². The minimum atomic E-state index is -0.352. The number of fused-ring (bicyclic) bond motifs is 1. The van der Waals surface area contributed by atoms with E-state index < -0.39 is 0 Å². The van der Waals surface area contributed by atoms with Crippen LogP contribution >= 0.6 is 11.6 Å². The minimum Gasteiger partial charge on any atom is -0.484 e. The van der Waals surface area contributed by atoms with Gasteiger partial charge in [-0.25, -0.2) is 4.79 Å². The van der Waals surface area contributed by atoms with Gasteiger partial charge in [0.05, 0.1) is 5.02 Å². The zero-order valence-corrected chi connectivity index (χ0v) is 14.5. The van der Waals surface area contributed by atoms with Gasteiger partial charge in [0.25, 0.3) is 0 Å². The predicted octanol–water partition coefficient (Wildman–Crippen LogP) is 5.54. The van der Waals surface area contributed by atoms with Crippen molar-refractivity contribution in [3.05, 3.63) is 75.1 Å². The maximum absolute atomic E-state index is 11.8. The SMILES string of the molecule is CCCc1cc(=O)oc2cc(O[C@@H](C)c3ccccc3)c(Cl)cc12. The second-order valence-electron chi connectivity index (χ2n) is 5.79. The second kappa shape index (κ2) is 7.10. The molecule has 0 aliphatic heterocycles. The molecule has 0 spiro atoms. The van der Waals surface area contributed by atoms with E-state index in [1.807, 2.05) is 43.3 Å². The average Bonchev–Trinajstić information content (AvgIpc) is 2.57. The lowest BCUT2D eigenvalue weighted by Gasteiger charge is -2.17. The van der Waals surface area contributed by atoms with E-state index in [1.54, 1.807) is 6.07 Å². The third-order valence-corrected chi connectivity index (χ3v) is 4.27. The van der Waals surface area contributed by atoms with E-state index in [0.29, 0.717) is 16.4 Å². The van der Waals surface area contributed by atoms with E-state index in [0.717, 1.165) is 29.4 Å². The van der Waals surface area contributed by atoms with Crippen LogP contribution in [0.4, 0.5) is 0 Å². The van der Waals surface area contributed by atoms with Crippen LogP contribution in [-0.2, 0) is 6.42 Å². The van der Waals surface area contributed by atoms with Gasteiger partial charge in [-0.1, -0.05) is 55.3 Å². The molecule has 0 aliphatic carbocycles. The first-order valence-corrected chi connectivity index (χ1v) is 8.44. The van der Waals surface area contributed by atoms with Crippen molar-refractivity contribution < 1.29 is 9.15 Å². The van der Waals surface area contributed by atoms with Gasteiger partial charge in [-0.15, -0.1) is 0 Å². The Morgan fingerprint density at radius 2 is 1.92 bits per heavy atom. The van der Waals surface area contributed by atoms with Gasteiger partial charge in [0, 0.05) is 17.5 Å². The van der Waals surface area contributed by atoms with Crippen molar-refractivity contribution in [2.75, 3.05) is 0 Å². The Kier molecular flexibility index (Phi) is 4.91. The molecule has 0 unspecified atom stereocenters. The molecule has 0 aliphatic rings. The fourth-order valence-electron chi connectivity index (χ4n) is 2.78. The van der Waals surface area contributed by atoms with Crippen LogP contribution in [0.15, 0.2) is 57.7 Å². The summed E-state index contributed by atoms with van der Waals surface area (Å²) in [7, 11) is 0. The number of hydrogen-bond acceptors (Lipinski definition) is 3. The Morgan fingerprint density at radius 3 is 2.62 bits per heavy atom. The number of benzene rings is 2. The van der Waals surface area contributed by atoms with Crippen molar-refractivity contribution in [1.29, 1.82) is 0 Å². The quantitative estimate of drug-likeness (QED) is 0.571. The van der Waals surface area contributed by atoms with Gasteiger partial charge in [-0.05, 0) is 30.5 Å². The Labute approximate surface area is 145 Å². The van der Waals surface area contributed by atoms with E-state index >= 15 is 0 Å². The molecule has 124 valence electrons. The number of ether oxygens (including phenoxy) is 1. The topological polar surface area (TPSA) is 39.4 Å². The first-order valence-electron chi connectivity index (χ1n) is 8.06. The summed E-state index contributed by atoms with van der Waals surface area (Å²) >= 11 is 6.40. The van der Waals surface area contributed by atoms with Gasteiger partial charge in [0.15, 0.2) is 0 Å². The lowest BCUT2D eigenvalue weighted by Crippen LogP contribution is -2.04. The summed E-state index contributed by atoms with van der Waals surface area (Å²) in [6.45, 7) is 4.03.